The number of benzene rings is 3. The van der Waals surface area contributed by atoms with Crippen LogP contribution in [0.15, 0.2) is 66.7 Å². The zero-order valence-electron chi connectivity index (χ0n) is 28.5. The maximum Gasteiger partial charge on any atom is 0.384 e. The van der Waals surface area contributed by atoms with Crippen LogP contribution < -0.4 is 20.9 Å². The van der Waals surface area contributed by atoms with E-state index in [2.05, 4.69) is 0 Å². The van der Waals surface area contributed by atoms with Crippen molar-refractivity contribution in [2.75, 3.05) is 24.7 Å². The van der Waals surface area contributed by atoms with Gasteiger partial charge in [0.25, 0.3) is 0 Å². The van der Waals surface area contributed by atoms with E-state index in [1.165, 1.54) is 54.6 Å². The molecule has 0 radical (unpaired) electrons. The van der Waals surface area contributed by atoms with Gasteiger partial charge in [-0.1, -0.05) is 24.3 Å². The van der Waals surface area contributed by atoms with Gasteiger partial charge in [0.2, 0.25) is 0 Å². The minimum Gasteiger partial charge on any atom is -0.494 e. The Morgan fingerprint density at radius 3 is 1.29 bits per heavy atom. The Kier molecular flexibility index (Phi) is 13.3. The molecule has 0 aliphatic carbocycles. The number of anilines is 2. The molecule has 0 aliphatic heterocycles. The number of nitrogen functional groups attached to an aromatic ring is 2. The fraction of sp³-hybridized carbons (Fsp3) is 0.457. The van der Waals surface area contributed by atoms with Crippen LogP contribution in [0, 0.1) is 11.3 Å². The van der Waals surface area contributed by atoms with E-state index in [0.717, 1.165) is 0 Å². The van der Waals surface area contributed by atoms with Crippen LogP contribution in [-0.2, 0) is 0 Å². The second-order valence-corrected chi connectivity index (χ2v) is 12.5. The molecule has 0 saturated heterocycles. The number of nitriles is 1. The van der Waals surface area contributed by atoms with Gasteiger partial charge in [-0.05, 0) is 79.3 Å². The molecule has 0 bridgehead atoms. The molecule has 0 heterocycles. The number of rotatable bonds is 20. The summed E-state index contributed by atoms with van der Waals surface area (Å²) in [5.74, 6) is -61.5. The molecule has 0 amide bonds. The van der Waals surface area contributed by atoms with Crippen molar-refractivity contribution >= 4 is 11.4 Å². The van der Waals surface area contributed by atoms with Gasteiger partial charge in [0.15, 0.2) is 0 Å². The first kappa shape index (κ1) is 45.6. The van der Waals surface area contributed by atoms with Crippen LogP contribution in [0.4, 0.5) is 81.6 Å². The van der Waals surface area contributed by atoms with E-state index in [-0.39, 0.29) is 22.9 Å². The third-order valence-corrected chi connectivity index (χ3v) is 8.42. The maximum absolute atomic E-state index is 14.4. The maximum atomic E-state index is 14.4. The third kappa shape index (κ3) is 8.62. The van der Waals surface area contributed by atoms with Gasteiger partial charge in [-0.2, -0.15) is 75.5 Å². The molecule has 5 nitrogen and oxygen atoms in total. The van der Waals surface area contributed by atoms with Crippen molar-refractivity contribution in [1.29, 1.82) is 5.26 Å². The highest BCUT2D eigenvalue weighted by Crippen LogP contribution is 2.64. The first-order valence-corrected chi connectivity index (χ1v) is 16.1. The molecule has 21 heteroatoms. The Morgan fingerprint density at radius 1 is 0.482 bits per heavy atom. The molecule has 310 valence electrons. The molecule has 0 saturated carbocycles. The number of hydrogen-bond donors (Lipinski definition) is 2. The molecule has 0 aliphatic rings. The van der Waals surface area contributed by atoms with Crippen molar-refractivity contribution in [1.82, 2.24) is 0 Å². The van der Waals surface area contributed by atoms with Crippen molar-refractivity contribution in [2.45, 2.75) is 85.9 Å². The summed E-state index contributed by atoms with van der Waals surface area (Å²) in [5.41, 5.74) is 12.7. The van der Waals surface area contributed by atoms with Gasteiger partial charge in [-0.3, -0.25) is 0 Å². The topological polar surface area (TPSA) is 94.3 Å². The van der Waals surface area contributed by atoms with Gasteiger partial charge in [0.05, 0.1) is 30.5 Å². The van der Waals surface area contributed by atoms with Gasteiger partial charge in [0, 0.05) is 18.5 Å². The Balaban J connectivity index is 1.64. The van der Waals surface area contributed by atoms with Crippen LogP contribution in [-0.4, -0.2) is 60.6 Å². The summed E-state index contributed by atoms with van der Waals surface area (Å²) in [6.45, 7) is -1.22. The number of ether oxygens (including phenoxy) is 2. The van der Waals surface area contributed by atoms with Crippen LogP contribution in [0.2, 0.25) is 0 Å². The van der Waals surface area contributed by atoms with Crippen molar-refractivity contribution in [2.24, 2.45) is 0 Å². The standard InChI is InChI=1S/C35H31F16N3O2/c36-28(37,15-1-3-17-55-25-12-9-23(10-13-25)22-7-5-21(20-52)6-8-22)30(40,41)32(44,45)34(48,49)35(50,51)33(46,47)31(42,43)29(38,39)16-2-4-18-56-27-14-11-24(53)19-26(27)54/h5-14,19H,1-4,15-18,53-54H2. The molecule has 56 heavy (non-hydrogen) atoms. The number of hydrogen-bond acceptors (Lipinski definition) is 5. The third-order valence-electron chi connectivity index (χ3n) is 8.42. The Bertz CT molecular complexity index is 1810. The summed E-state index contributed by atoms with van der Waals surface area (Å²) in [5, 5.41) is 8.86. The zero-order valence-corrected chi connectivity index (χ0v) is 28.5. The molecule has 3 aromatic rings. The van der Waals surface area contributed by atoms with E-state index in [1.807, 2.05) is 6.07 Å². The van der Waals surface area contributed by atoms with Crippen LogP contribution in [0.3, 0.4) is 0 Å². The van der Waals surface area contributed by atoms with E-state index >= 15 is 0 Å². The van der Waals surface area contributed by atoms with Crippen LogP contribution in [0.1, 0.15) is 44.1 Å². The summed E-state index contributed by atoms with van der Waals surface area (Å²) in [6.07, 6.45) is -8.85. The lowest BCUT2D eigenvalue weighted by molar-refractivity contribution is -0.453. The van der Waals surface area contributed by atoms with Crippen LogP contribution in [0.25, 0.3) is 11.1 Å². The molecule has 4 N–H and O–H groups in total. The van der Waals surface area contributed by atoms with E-state index in [4.69, 9.17) is 26.2 Å². The quantitative estimate of drug-likeness (QED) is 0.0672. The number of nitrogens with two attached hydrogens (primary N) is 2. The van der Waals surface area contributed by atoms with Gasteiger partial charge >= 0.3 is 47.4 Å². The zero-order chi connectivity index (χ0) is 42.6. The van der Waals surface area contributed by atoms with Crippen LogP contribution in [0.5, 0.6) is 11.5 Å². The number of halogens is 16. The molecular weight excluding hydrogens is 798 g/mol. The van der Waals surface area contributed by atoms with E-state index in [0.29, 0.717) is 16.7 Å². The smallest absolute Gasteiger partial charge is 0.384 e. The molecule has 3 rings (SSSR count). The fourth-order valence-electron chi connectivity index (χ4n) is 5.01. The Morgan fingerprint density at radius 2 is 0.875 bits per heavy atom. The molecule has 0 atom stereocenters. The van der Waals surface area contributed by atoms with Gasteiger partial charge < -0.3 is 20.9 Å². The highest BCUT2D eigenvalue weighted by atomic mass is 19.4. The number of alkyl halides is 16. The molecule has 3 aromatic carbocycles. The van der Waals surface area contributed by atoms with E-state index < -0.39 is 99.1 Å². The van der Waals surface area contributed by atoms with Crippen molar-refractivity contribution < 1.29 is 79.7 Å². The normalized spacial score (nSPS) is 13.7. The first-order chi connectivity index (χ1) is 25.6. The average molecular weight is 830 g/mol. The lowest BCUT2D eigenvalue weighted by Gasteiger charge is -2.43. The predicted octanol–water partition coefficient (Wildman–Crippen LogP) is 11.3. The van der Waals surface area contributed by atoms with E-state index in [9.17, 15) is 70.2 Å². The monoisotopic (exact) mass is 829 g/mol. The Hall–Kier alpha value is -4.77. The first-order valence-electron chi connectivity index (χ1n) is 16.1. The average Bonchev–Trinajstić information content (AvgIpc) is 3.11. The van der Waals surface area contributed by atoms with Crippen LogP contribution >= 0.6 is 0 Å². The van der Waals surface area contributed by atoms with Crippen molar-refractivity contribution in [3.05, 3.63) is 72.3 Å². The minimum atomic E-state index is -8.48. The molecular formula is C35H31F16N3O2. The van der Waals surface area contributed by atoms with Gasteiger partial charge in [0.1, 0.15) is 11.5 Å². The summed E-state index contributed by atoms with van der Waals surface area (Å²) in [7, 11) is 0. The largest absolute Gasteiger partial charge is 0.494 e. The van der Waals surface area contributed by atoms with E-state index in [1.54, 1.807) is 12.1 Å². The van der Waals surface area contributed by atoms with Crippen molar-refractivity contribution in [3.8, 4) is 28.7 Å². The lowest BCUT2D eigenvalue weighted by atomic mass is 9.86. The summed E-state index contributed by atoms with van der Waals surface area (Å²) < 4.78 is 239. The highest BCUT2D eigenvalue weighted by Gasteiger charge is 2.94. The van der Waals surface area contributed by atoms with Crippen molar-refractivity contribution in [3.63, 3.8) is 0 Å². The summed E-state index contributed by atoms with van der Waals surface area (Å²) in [4.78, 5) is 0. The second-order valence-electron chi connectivity index (χ2n) is 12.5. The Labute approximate surface area is 308 Å². The molecule has 0 unspecified atom stereocenters. The number of unbranched alkanes of at least 4 members (excludes halogenated alkanes) is 2. The molecule has 0 fully saturated rings. The second kappa shape index (κ2) is 16.4. The van der Waals surface area contributed by atoms with Gasteiger partial charge in [-0.25, -0.2) is 0 Å². The molecule has 0 aromatic heterocycles. The lowest BCUT2D eigenvalue weighted by Crippen LogP contribution is -2.74. The highest BCUT2D eigenvalue weighted by molar-refractivity contribution is 5.65. The van der Waals surface area contributed by atoms with Gasteiger partial charge in [-0.15, -0.1) is 0 Å². The summed E-state index contributed by atoms with van der Waals surface area (Å²) in [6, 6.07) is 17.6. The number of nitrogens with zero attached hydrogens (tertiary/aromatic N) is 1. The predicted molar refractivity (Wildman–Crippen MR) is 170 cm³/mol. The summed E-state index contributed by atoms with van der Waals surface area (Å²) >= 11 is 0. The minimum absolute atomic E-state index is 0.0742. The molecule has 0 spiro atoms. The SMILES string of the molecule is N#Cc1ccc(-c2ccc(OCCCCC(F)(F)C(F)(F)C(F)(F)C(F)(F)C(F)(F)C(F)(F)C(F)(F)C(F)(F)CCCCOc3ccc(N)cc3N)cc2)cc1. The fourth-order valence-corrected chi connectivity index (χ4v) is 5.01.